The van der Waals surface area contributed by atoms with Crippen LogP contribution in [-0.2, 0) is 19.6 Å². The monoisotopic (exact) mass is 474 g/mol. The summed E-state index contributed by atoms with van der Waals surface area (Å²) in [5, 5.41) is 2.22. The third-order valence-corrected chi connectivity index (χ3v) is 6.02. The number of esters is 1. The minimum absolute atomic E-state index is 0.0775. The van der Waals surface area contributed by atoms with Crippen molar-refractivity contribution >= 4 is 33.3 Å². The van der Waals surface area contributed by atoms with Crippen LogP contribution >= 0.6 is 0 Å². The van der Waals surface area contributed by atoms with Gasteiger partial charge in [0, 0.05) is 17.4 Å². The fourth-order valence-electron chi connectivity index (χ4n) is 2.81. The van der Waals surface area contributed by atoms with E-state index in [0.29, 0.717) is 6.07 Å². The molecule has 2 N–H and O–H groups in total. The summed E-state index contributed by atoms with van der Waals surface area (Å²) in [6, 6.07) is 12.7. The summed E-state index contributed by atoms with van der Waals surface area (Å²) in [7, 11) is -3.82. The summed E-state index contributed by atoms with van der Waals surface area (Å²) in [6.45, 7) is 3.01. The van der Waals surface area contributed by atoms with Crippen LogP contribution in [0, 0.1) is 25.5 Å². The Kier molecular flexibility index (Phi) is 7.07. The second kappa shape index (κ2) is 9.78. The van der Waals surface area contributed by atoms with E-state index in [2.05, 4.69) is 10.0 Å². The van der Waals surface area contributed by atoms with Crippen LogP contribution in [0.4, 0.5) is 20.2 Å². The number of hydrogen-bond donors (Lipinski definition) is 2. The molecule has 0 bridgehead atoms. The van der Waals surface area contributed by atoms with Crippen LogP contribution in [0.15, 0.2) is 65.6 Å². The fourth-order valence-corrected chi connectivity index (χ4v) is 3.95. The zero-order valence-electron chi connectivity index (χ0n) is 17.7. The van der Waals surface area contributed by atoms with Gasteiger partial charge >= 0.3 is 5.97 Å². The Balaban J connectivity index is 1.58. The molecule has 0 aliphatic heterocycles. The SMILES string of the molecule is Cc1ccc(S(=O)(=O)Nc2ccc(C(=O)OCC(=O)Nc3cc(F)cc(F)c3)cc2)cc1C. The Morgan fingerprint density at radius 2 is 1.48 bits per heavy atom. The van der Waals surface area contributed by atoms with Crippen molar-refractivity contribution in [3.63, 3.8) is 0 Å². The number of ether oxygens (including phenoxy) is 1. The molecule has 33 heavy (non-hydrogen) atoms. The molecule has 0 saturated heterocycles. The van der Waals surface area contributed by atoms with Crippen molar-refractivity contribution in [2.45, 2.75) is 18.7 Å². The first-order chi connectivity index (χ1) is 15.5. The van der Waals surface area contributed by atoms with E-state index in [4.69, 9.17) is 4.74 Å². The van der Waals surface area contributed by atoms with Crippen LogP contribution in [0.3, 0.4) is 0 Å². The largest absolute Gasteiger partial charge is 0.452 e. The normalized spacial score (nSPS) is 11.0. The Hall–Kier alpha value is -3.79. The molecular formula is C23H20F2N2O5S. The van der Waals surface area contributed by atoms with Gasteiger partial charge in [0.05, 0.1) is 10.5 Å². The maximum absolute atomic E-state index is 13.2. The van der Waals surface area contributed by atoms with E-state index in [1.54, 1.807) is 12.1 Å². The molecule has 7 nitrogen and oxygen atoms in total. The molecule has 3 aromatic carbocycles. The second-order valence-electron chi connectivity index (χ2n) is 7.21. The topological polar surface area (TPSA) is 102 Å². The molecule has 0 fully saturated rings. The number of hydrogen-bond acceptors (Lipinski definition) is 5. The van der Waals surface area contributed by atoms with Gasteiger partial charge in [-0.05, 0) is 73.5 Å². The van der Waals surface area contributed by atoms with E-state index in [1.165, 1.54) is 30.3 Å². The third-order valence-electron chi connectivity index (χ3n) is 4.64. The lowest BCUT2D eigenvalue weighted by atomic mass is 10.1. The quantitative estimate of drug-likeness (QED) is 0.501. The number of rotatable bonds is 7. The molecule has 0 aromatic heterocycles. The summed E-state index contributed by atoms with van der Waals surface area (Å²) in [5.74, 6) is -3.35. The van der Waals surface area contributed by atoms with Gasteiger partial charge in [-0.1, -0.05) is 6.07 Å². The molecule has 0 heterocycles. The molecule has 0 atom stereocenters. The molecule has 0 saturated carbocycles. The second-order valence-corrected chi connectivity index (χ2v) is 8.89. The number of anilines is 2. The maximum atomic E-state index is 13.2. The highest BCUT2D eigenvalue weighted by atomic mass is 32.2. The number of sulfonamides is 1. The molecule has 3 aromatic rings. The van der Waals surface area contributed by atoms with Crippen molar-refractivity contribution in [2.24, 2.45) is 0 Å². The van der Waals surface area contributed by atoms with Crippen LogP contribution in [0.1, 0.15) is 21.5 Å². The molecule has 172 valence electrons. The van der Waals surface area contributed by atoms with Crippen molar-refractivity contribution in [1.29, 1.82) is 0 Å². The molecule has 0 aliphatic rings. The van der Waals surface area contributed by atoms with E-state index in [-0.39, 0.29) is 21.8 Å². The third kappa shape index (κ3) is 6.36. The first-order valence-electron chi connectivity index (χ1n) is 9.67. The van der Waals surface area contributed by atoms with Crippen LogP contribution in [0.5, 0.6) is 0 Å². The summed E-state index contributed by atoms with van der Waals surface area (Å²) in [4.78, 5) is 24.1. The van der Waals surface area contributed by atoms with Crippen LogP contribution in [0.2, 0.25) is 0 Å². The Bertz CT molecular complexity index is 1290. The zero-order valence-corrected chi connectivity index (χ0v) is 18.5. The van der Waals surface area contributed by atoms with Gasteiger partial charge in [0.25, 0.3) is 15.9 Å². The average molecular weight is 474 g/mol. The van der Waals surface area contributed by atoms with Gasteiger partial charge in [-0.15, -0.1) is 0 Å². The van der Waals surface area contributed by atoms with Crippen LogP contribution < -0.4 is 10.0 Å². The minimum Gasteiger partial charge on any atom is -0.452 e. The van der Waals surface area contributed by atoms with Gasteiger partial charge in [0.2, 0.25) is 0 Å². The lowest BCUT2D eigenvalue weighted by molar-refractivity contribution is -0.119. The molecule has 3 rings (SSSR count). The molecule has 0 unspecified atom stereocenters. The molecular weight excluding hydrogens is 454 g/mol. The van der Waals surface area contributed by atoms with Crippen LogP contribution in [0.25, 0.3) is 0 Å². The van der Waals surface area contributed by atoms with E-state index in [0.717, 1.165) is 23.3 Å². The number of amides is 1. The number of benzene rings is 3. The van der Waals surface area contributed by atoms with Gasteiger partial charge in [-0.3, -0.25) is 9.52 Å². The van der Waals surface area contributed by atoms with Crippen molar-refractivity contribution in [3.8, 4) is 0 Å². The number of nitrogens with one attached hydrogen (secondary N) is 2. The molecule has 1 amide bonds. The Morgan fingerprint density at radius 3 is 2.09 bits per heavy atom. The molecule has 0 spiro atoms. The molecule has 10 heteroatoms. The van der Waals surface area contributed by atoms with Gasteiger partial charge in [-0.25, -0.2) is 22.0 Å². The standard InChI is InChI=1S/C23H20F2N2O5S/c1-14-3-8-21(9-15(14)2)33(30,31)27-19-6-4-16(5-7-19)23(29)32-13-22(28)26-20-11-17(24)10-18(25)12-20/h3-12,27H,13H2,1-2H3,(H,26,28). The highest BCUT2D eigenvalue weighted by Crippen LogP contribution is 2.19. The van der Waals surface area contributed by atoms with Crippen molar-refractivity contribution in [1.82, 2.24) is 0 Å². The van der Waals surface area contributed by atoms with Gasteiger partial charge in [0.1, 0.15) is 11.6 Å². The highest BCUT2D eigenvalue weighted by Gasteiger charge is 2.16. The summed E-state index contributed by atoms with van der Waals surface area (Å²) < 4.78 is 58.7. The van der Waals surface area contributed by atoms with Gasteiger partial charge in [0.15, 0.2) is 6.61 Å². The van der Waals surface area contributed by atoms with Crippen LogP contribution in [-0.4, -0.2) is 26.9 Å². The fraction of sp³-hybridized carbons (Fsp3) is 0.130. The minimum atomic E-state index is -3.82. The van der Waals surface area contributed by atoms with Gasteiger partial charge < -0.3 is 10.1 Å². The maximum Gasteiger partial charge on any atom is 0.338 e. The molecule has 0 radical (unpaired) electrons. The lowest BCUT2D eigenvalue weighted by Crippen LogP contribution is -2.21. The van der Waals surface area contributed by atoms with E-state index in [1.807, 2.05) is 13.8 Å². The van der Waals surface area contributed by atoms with Crippen molar-refractivity contribution in [2.75, 3.05) is 16.6 Å². The average Bonchev–Trinajstić information content (AvgIpc) is 2.73. The smallest absolute Gasteiger partial charge is 0.338 e. The number of carbonyl (C=O) groups excluding carboxylic acids is 2. The first kappa shape index (κ1) is 23.9. The number of carbonyl (C=O) groups is 2. The Morgan fingerprint density at radius 1 is 0.848 bits per heavy atom. The predicted octanol–water partition coefficient (Wildman–Crippen LogP) is 4.18. The number of halogens is 2. The van der Waals surface area contributed by atoms with E-state index >= 15 is 0 Å². The van der Waals surface area contributed by atoms with Crippen molar-refractivity contribution in [3.05, 3.63) is 89.0 Å². The van der Waals surface area contributed by atoms with Crippen molar-refractivity contribution < 1.29 is 31.5 Å². The molecule has 0 aliphatic carbocycles. The number of aryl methyl sites for hydroxylation is 2. The lowest BCUT2D eigenvalue weighted by Gasteiger charge is -2.10. The van der Waals surface area contributed by atoms with E-state index < -0.39 is 40.1 Å². The summed E-state index contributed by atoms with van der Waals surface area (Å²) >= 11 is 0. The van der Waals surface area contributed by atoms with Gasteiger partial charge in [-0.2, -0.15) is 0 Å². The first-order valence-corrected chi connectivity index (χ1v) is 11.1. The summed E-state index contributed by atoms with van der Waals surface area (Å²) in [6.07, 6.45) is 0. The summed E-state index contributed by atoms with van der Waals surface area (Å²) in [5.41, 5.74) is 1.99. The predicted molar refractivity (Wildman–Crippen MR) is 118 cm³/mol. The Labute approximate surface area is 189 Å². The highest BCUT2D eigenvalue weighted by molar-refractivity contribution is 7.92. The van der Waals surface area contributed by atoms with E-state index in [9.17, 15) is 26.8 Å². The zero-order chi connectivity index (χ0) is 24.2.